The molecule has 0 bridgehead atoms. The summed E-state index contributed by atoms with van der Waals surface area (Å²) < 4.78 is 14.3. The first kappa shape index (κ1) is 22.1. The number of nitriles is 1. The molecule has 0 atom stereocenters. The fourth-order valence-electron chi connectivity index (χ4n) is 5.04. The van der Waals surface area contributed by atoms with Crippen LogP contribution in [0, 0.1) is 11.3 Å². The van der Waals surface area contributed by atoms with E-state index in [2.05, 4.69) is 41.9 Å². The van der Waals surface area contributed by atoms with Crippen molar-refractivity contribution in [2.24, 2.45) is 0 Å². The molecule has 0 fully saturated rings. The molecule has 184 valence electrons. The van der Waals surface area contributed by atoms with E-state index < -0.39 is 0 Å². The fraction of sp³-hybridized carbons (Fsp3) is 0.133. The van der Waals surface area contributed by atoms with E-state index in [1.165, 1.54) is 0 Å². The number of para-hydroxylation sites is 4. The lowest BCUT2D eigenvalue weighted by molar-refractivity contribution is 0.450. The first-order valence-corrected chi connectivity index (χ1v) is 12.5. The van der Waals surface area contributed by atoms with Crippen LogP contribution >= 0.6 is 0 Å². The lowest BCUT2D eigenvalue weighted by atomic mass is 10.1. The average molecular weight is 499 g/mol. The van der Waals surface area contributed by atoms with E-state index in [1.807, 2.05) is 65.1 Å². The van der Waals surface area contributed by atoms with E-state index in [0.717, 1.165) is 40.6 Å². The van der Waals surface area contributed by atoms with Gasteiger partial charge in [0, 0.05) is 30.4 Å². The highest BCUT2D eigenvalue weighted by molar-refractivity contribution is 5.84. The second kappa shape index (κ2) is 8.46. The number of imidazole rings is 1. The van der Waals surface area contributed by atoms with Crippen molar-refractivity contribution < 1.29 is 9.15 Å². The van der Waals surface area contributed by atoms with E-state index in [1.54, 1.807) is 0 Å². The Balaban J connectivity index is 1.57. The number of nitrogens with zero attached hydrogens (tertiary/aromatic N) is 6. The third-order valence-electron chi connectivity index (χ3n) is 6.93. The average Bonchev–Trinajstić information content (AvgIpc) is 3.55. The number of fused-ring (bicyclic) bond motifs is 7. The summed E-state index contributed by atoms with van der Waals surface area (Å²) in [7, 11) is 0. The van der Waals surface area contributed by atoms with Gasteiger partial charge in [-0.25, -0.2) is 9.97 Å². The summed E-state index contributed by atoms with van der Waals surface area (Å²) in [5, 5.41) is 11.1. The number of aromatic nitrogens is 4. The molecular formula is C30H22N6O2. The van der Waals surface area contributed by atoms with Crippen molar-refractivity contribution in [3.8, 4) is 17.7 Å². The van der Waals surface area contributed by atoms with E-state index in [4.69, 9.17) is 19.1 Å². The van der Waals surface area contributed by atoms with Crippen molar-refractivity contribution in [2.45, 2.75) is 13.8 Å². The molecule has 3 aromatic carbocycles. The van der Waals surface area contributed by atoms with Crippen LogP contribution in [0.4, 0.5) is 5.69 Å². The van der Waals surface area contributed by atoms with Gasteiger partial charge in [0.1, 0.15) is 17.3 Å². The number of anilines is 1. The third-order valence-corrected chi connectivity index (χ3v) is 6.93. The molecule has 6 aromatic rings. The smallest absolute Gasteiger partial charge is 0.241 e. The monoisotopic (exact) mass is 498 g/mol. The molecule has 0 radical (unpaired) electrons. The highest BCUT2D eigenvalue weighted by atomic mass is 16.5. The van der Waals surface area contributed by atoms with Gasteiger partial charge >= 0.3 is 0 Å². The van der Waals surface area contributed by atoms with Crippen LogP contribution in [0.25, 0.3) is 39.4 Å². The Hall–Kier alpha value is -5.16. The lowest BCUT2D eigenvalue weighted by Gasteiger charge is -2.23. The Kier molecular flexibility index (Phi) is 4.91. The minimum Gasteiger partial charge on any atom is -0.437 e. The van der Waals surface area contributed by atoms with E-state index in [9.17, 15) is 5.26 Å². The standard InChI is InChI=1S/C30H22N6O2/c1-3-35(4-2)19-14-13-18-15-20-27-32-22-9-5-7-11-24(22)36(27)28(34-29(20)38-26(18)16-19)21(17-31)30-33-23-10-6-8-12-25(23)37-30/h5-16H,3-4H2,1-2H3/b28-21+. The van der Waals surface area contributed by atoms with Gasteiger partial charge in [0.15, 0.2) is 22.3 Å². The zero-order chi connectivity index (χ0) is 25.8. The molecule has 38 heavy (non-hydrogen) atoms. The maximum absolute atomic E-state index is 10.3. The molecule has 0 saturated carbocycles. The maximum atomic E-state index is 10.3. The molecule has 0 amide bonds. The number of hydrogen-bond donors (Lipinski definition) is 0. The second-order valence-corrected chi connectivity index (χ2v) is 9.03. The minimum absolute atomic E-state index is 0.198. The van der Waals surface area contributed by atoms with Gasteiger partial charge in [0.05, 0.1) is 16.3 Å². The van der Waals surface area contributed by atoms with Crippen LogP contribution in [-0.4, -0.2) is 32.4 Å². The summed E-state index contributed by atoms with van der Waals surface area (Å²) in [6.45, 7) is 6.04. The van der Waals surface area contributed by atoms with E-state index in [0.29, 0.717) is 33.9 Å². The Bertz CT molecular complexity index is 2030. The van der Waals surface area contributed by atoms with Crippen molar-refractivity contribution in [2.75, 3.05) is 18.0 Å². The van der Waals surface area contributed by atoms with Crippen LogP contribution in [0.1, 0.15) is 25.3 Å². The van der Waals surface area contributed by atoms with E-state index >= 15 is 0 Å². The predicted octanol–water partition coefficient (Wildman–Crippen LogP) is 4.53. The first-order valence-electron chi connectivity index (χ1n) is 12.5. The van der Waals surface area contributed by atoms with Crippen molar-refractivity contribution in [3.63, 3.8) is 0 Å². The molecule has 0 N–H and O–H groups in total. The van der Waals surface area contributed by atoms with Crippen molar-refractivity contribution in [1.82, 2.24) is 19.4 Å². The number of ether oxygens (including phenoxy) is 1. The van der Waals surface area contributed by atoms with Gasteiger partial charge in [0.2, 0.25) is 11.8 Å². The number of hydrogen-bond acceptors (Lipinski definition) is 7. The Morgan fingerprint density at radius 1 is 0.947 bits per heavy atom. The Morgan fingerprint density at radius 2 is 1.74 bits per heavy atom. The summed E-state index contributed by atoms with van der Waals surface area (Å²) in [5.41, 5.74) is 6.11. The van der Waals surface area contributed by atoms with Crippen LogP contribution in [0.15, 0.2) is 71.1 Å². The normalized spacial score (nSPS) is 13.0. The van der Waals surface area contributed by atoms with Gasteiger partial charge in [-0.1, -0.05) is 24.3 Å². The largest absolute Gasteiger partial charge is 0.437 e. The number of benzene rings is 3. The highest BCUT2D eigenvalue weighted by Crippen LogP contribution is 2.32. The van der Waals surface area contributed by atoms with Gasteiger partial charge in [-0.2, -0.15) is 10.2 Å². The quantitative estimate of drug-likeness (QED) is 0.352. The number of oxazole rings is 1. The SMILES string of the molecule is CCN(CC)c1ccc2c(c1)Oc1n/c(=C(/C#N)c3nc4ccccc4o3)n3c(nc4ccccc43)c1=C2. The van der Waals surface area contributed by atoms with Crippen molar-refractivity contribution in [3.05, 3.63) is 88.9 Å². The molecule has 1 aliphatic rings. The van der Waals surface area contributed by atoms with Crippen molar-refractivity contribution >= 4 is 45.1 Å². The van der Waals surface area contributed by atoms with Crippen LogP contribution in [0.2, 0.25) is 0 Å². The van der Waals surface area contributed by atoms with Gasteiger partial charge in [-0.3, -0.25) is 4.40 Å². The summed E-state index contributed by atoms with van der Waals surface area (Å²) >= 11 is 0. The third kappa shape index (κ3) is 3.26. The molecule has 8 nitrogen and oxygen atoms in total. The van der Waals surface area contributed by atoms with Crippen LogP contribution < -0.4 is 20.3 Å². The van der Waals surface area contributed by atoms with Crippen LogP contribution in [0.5, 0.6) is 11.6 Å². The van der Waals surface area contributed by atoms with Crippen molar-refractivity contribution in [1.29, 1.82) is 5.26 Å². The fourth-order valence-corrected chi connectivity index (χ4v) is 5.04. The summed E-state index contributed by atoms with van der Waals surface area (Å²) in [6.07, 6.45) is 2.05. The Labute approximate surface area is 217 Å². The van der Waals surface area contributed by atoms with Gasteiger partial charge in [0.25, 0.3) is 0 Å². The second-order valence-electron chi connectivity index (χ2n) is 9.03. The van der Waals surface area contributed by atoms with Gasteiger partial charge in [-0.05, 0) is 56.3 Å². The van der Waals surface area contributed by atoms with Crippen LogP contribution in [-0.2, 0) is 0 Å². The molecular weight excluding hydrogens is 476 g/mol. The molecule has 0 saturated heterocycles. The Morgan fingerprint density at radius 3 is 2.53 bits per heavy atom. The zero-order valence-electron chi connectivity index (χ0n) is 20.8. The predicted molar refractivity (Wildman–Crippen MR) is 146 cm³/mol. The zero-order valence-corrected chi connectivity index (χ0v) is 20.8. The highest BCUT2D eigenvalue weighted by Gasteiger charge is 2.22. The summed E-state index contributed by atoms with van der Waals surface area (Å²) in [6, 6.07) is 23.7. The molecule has 8 heteroatoms. The summed E-state index contributed by atoms with van der Waals surface area (Å²) in [5.74, 6) is 1.29. The summed E-state index contributed by atoms with van der Waals surface area (Å²) in [4.78, 5) is 16.6. The molecule has 0 aliphatic carbocycles. The topological polar surface area (TPSA) is 92.5 Å². The molecule has 4 heterocycles. The van der Waals surface area contributed by atoms with Crippen LogP contribution in [0.3, 0.4) is 0 Å². The first-order chi connectivity index (χ1) is 18.7. The maximum Gasteiger partial charge on any atom is 0.241 e. The molecule has 0 unspecified atom stereocenters. The lowest BCUT2D eigenvalue weighted by Crippen LogP contribution is -2.29. The minimum atomic E-state index is 0.198. The van der Waals surface area contributed by atoms with Gasteiger partial charge in [-0.15, -0.1) is 0 Å². The molecule has 7 rings (SSSR count). The molecule has 1 aliphatic heterocycles. The van der Waals surface area contributed by atoms with Gasteiger partial charge < -0.3 is 14.1 Å². The molecule has 3 aromatic heterocycles. The number of rotatable bonds is 4. The van der Waals surface area contributed by atoms with E-state index in [-0.39, 0.29) is 11.5 Å². The molecule has 0 spiro atoms.